The van der Waals surface area contributed by atoms with E-state index in [2.05, 4.69) is 138 Å². The number of benzene rings is 7. The predicted molar refractivity (Wildman–Crippen MR) is 184 cm³/mol. The molecule has 3 heterocycles. The van der Waals surface area contributed by atoms with E-state index in [0.29, 0.717) is 0 Å². The van der Waals surface area contributed by atoms with E-state index in [9.17, 15) is 0 Å². The van der Waals surface area contributed by atoms with Crippen molar-refractivity contribution in [2.24, 2.45) is 0 Å². The molecule has 0 spiro atoms. The Hall–Kier alpha value is -5.38. The first-order valence-corrected chi connectivity index (χ1v) is 15.4. The third kappa shape index (κ3) is 3.17. The highest BCUT2D eigenvalue weighted by molar-refractivity contribution is 7.26. The zero-order valence-electron chi connectivity index (χ0n) is 23.0. The van der Waals surface area contributed by atoms with Crippen LogP contribution in [-0.2, 0) is 0 Å². The van der Waals surface area contributed by atoms with Crippen molar-refractivity contribution in [2.75, 3.05) is 0 Å². The number of nitrogens with zero attached hydrogens (tertiary/aromatic N) is 1. The summed E-state index contributed by atoms with van der Waals surface area (Å²) in [6.45, 7) is 0. The van der Waals surface area contributed by atoms with Crippen molar-refractivity contribution in [3.63, 3.8) is 0 Å². The zero-order valence-corrected chi connectivity index (χ0v) is 23.9. The molecule has 7 aromatic carbocycles. The van der Waals surface area contributed by atoms with Crippen molar-refractivity contribution in [1.29, 1.82) is 0 Å². The lowest BCUT2D eigenvalue weighted by Gasteiger charge is -2.12. The van der Waals surface area contributed by atoms with Crippen molar-refractivity contribution in [3.05, 3.63) is 140 Å². The van der Waals surface area contributed by atoms with E-state index in [1.807, 2.05) is 17.4 Å². The molecule has 200 valence electrons. The molecule has 3 aromatic heterocycles. The first-order chi connectivity index (χ1) is 21.3. The minimum absolute atomic E-state index is 0.926. The van der Waals surface area contributed by atoms with Gasteiger partial charge in [-0.1, -0.05) is 97.1 Å². The number of thiophene rings is 1. The summed E-state index contributed by atoms with van der Waals surface area (Å²) in [4.78, 5) is 0. The van der Waals surface area contributed by atoms with Crippen molar-refractivity contribution < 1.29 is 4.42 Å². The number of rotatable bonds is 2. The Balaban J connectivity index is 1.23. The monoisotopic (exact) mass is 565 g/mol. The van der Waals surface area contributed by atoms with Crippen molar-refractivity contribution in [3.8, 4) is 16.8 Å². The van der Waals surface area contributed by atoms with Crippen LogP contribution in [0.25, 0.3) is 91.5 Å². The molecule has 3 heteroatoms. The van der Waals surface area contributed by atoms with E-state index in [1.54, 1.807) is 0 Å². The summed E-state index contributed by atoms with van der Waals surface area (Å²) in [5, 5.41) is 9.96. The summed E-state index contributed by atoms with van der Waals surface area (Å²) in [6.07, 6.45) is 0. The molecule has 0 saturated carbocycles. The van der Waals surface area contributed by atoms with E-state index in [1.165, 1.54) is 69.3 Å². The molecule has 0 aliphatic heterocycles. The Kier molecular flexibility index (Phi) is 4.63. The Labute approximate surface area is 250 Å². The zero-order chi connectivity index (χ0) is 28.1. The lowest BCUT2D eigenvalue weighted by molar-refractivity contribution is 0.669. The number of hydrogen-bond donors (Lipinski definition) is 0. The molecule has 0 saturated heterocycles. The molecule has 0 fully saturated rings. The SMILES string of the molecule is c1ccc2c(c1)oc1ccc3c(ccc4c5ccccc5n(-c5ccc(-c6cccc7c6sc6ccccc67)cc5)c34)c12. The minimum Gasteiger partial charge on any atom is -0.456 e. The normalized spacial score (nSPS) is 12.2. The molecule has 0 radical (unpaired) electrons. The molecule has 0 unspecified atom stereocenters. The van der Waals surface area contributed by atoms with Crippen LogP contribution in [-0.4, -0.2) is 4.57 Å². The van der Waals surface area contributed by atoms with Gasteiger partial charge < -0.3 is 8.98 Å². The molecule has 0 aliphatic carbocycles. The van der Waals surface area contributed by atoms with Crippen molar-refractivity contribution in [1.82, 2.24) is 4.57 Å². The number of fused-ring (bicyclic) bond motifs is 12. The van der Waals surface area contributed by atoms with Crippen LogP contribution in [0.2, 0.25) is 0 Å². The molecule has 10 aromatic rings. The highest BCUT2D eigenvalue weighted by Crippen LogP contribution is 2.43. The van der Waals surface area contributed by atoms with Crippen molar-refractivity contribution >= 4 is 86.0 Å². The fourth-order valence-corrected chi connectivity index (χ4v) is 8.36. The van der Waals surface area contributed by atoms with E-state index < -0.39 is 0 Å². The Morgan fingerprint density at radius 1 is 0.465 bits per heavy atom. The highest BCUT2D eigenvalue weighted by Gasteiger charge is 2.18. The van der Waals surface area contributed by atoms with Gasteiger partial charge in [0, 0.05) is 52.8 Å². The van der Waals surface area contributed by atoms with Gasteiger partial charge in [-0.25, -0.2) is 0 Å². The van der Waals surface area contributed by atoms with Gasteiger partial charge >= 0.3 is 0 Å². The second-order valence-corrected chi connectivity index (χ2v) is 12.3. The van der Waals surface area contributed by atoms with Gasteiger partial charge in [-0.3, -0.25) is 0 Å². The van der Waals surface area contributed by atoms with Gasteiger partial charge in [0.1, 0.15) is 11.2 Å². The van der Waals surface area contributed by atoms with Crippen LogP contribution < -0.4 is 0 Å². The summed E-state index contributed by atoms with van der Waals surface area (Å²) in [6, 6.07) is 50.5. The average molecular weight is 566 g/mol. The molecule has 0 amide bonds. The maximum Gasteiger partial charge on any atom is 0.136 e. The smallest absolute Gasteiger partial charge is 0.136 e. The van der Waals surface area contributed by atoms with Crippen LogP contribution in [0, 0.1) is 0 Å². The number of para-hydroxylation sites is 2. The van der Waals surface area contributed by atoms with Crippen LogP contribution in [0.4, 0.5) is 0 Å². The van der Waals surface area contributed by atoms with E-state index in [-0.39, 0.29) is 0 Å². The largest absolute Gasteiger partial charge is 0.456 e. The van der Waals surface area contributed by atoms with Crippen LogP contribution >= 0.6 is 11.3 Å². The Bertz CT molecular complexity index is 2720. The lowest BCUT2D eigenvalue weighted by atomic mass is 10.0. The summed E-state index contributed by atoms with van der Waals surface area (Å²) in [7, 11) is 0. The minimum atomic E-state index is 0.926. The third-order valence-corrected chi connectivity index (χ3v) is 10.2. The van der Waals surface area contributed by atoms with Gasteiger partial charge in [0.05, 0.1) is 11.0 Å². The highest BCUT2D eigenvalue weighted by atomic mass is 32.1. The molecule has 2 nitrogen and oxygen atoms in total. The molecule has 0 aliphatic rings. The number of hydrogen-bond acceptors (Lipinski definition) is 2. The maximum atomic E-state index is 6.25. The van der Waals surface area contributed by atoms with E-state index in [0.717, 1.165) is 22.2 Å². The third-order valence-electron chi connectivity index (χ3n) is 9.01. The quantitative estimate of drug-likeness (QED) is 0.204. The van der Waals surface area contributed by atoms with Crippen molar-refractivity contribution in [2.45, 2.75) is 0 Å². The Morgan fingerprint density at radius 3 is 2.07 bits per heavy atom. The van der Waals surface area contributed by atoms with E-state index in [4.69, 9.17) is 4.42 Å². The summed E-state index contributed by atoms with van der Waals surface area (Å²) in [5.74, 6) is 0. The van der Waals surface area contributed by atoms with Crippen LogP contribution in [0.1, 0.15) is 0 Å². The van der Waals surface area contributed by atoms with Gasteiger partial charge in [-0.2, -0.15) is 0 Å². The number of aromatic nitrogens is 1. The molecular weight excluding hydrogens is 543 g/mol. The van der Waals surface area contributed by atoms with Crippen LogP contribution in [0.5, 0.6) is 0 Å². The number of furan rings is 1. The van der Waals surface area contributed by atoms with Gasteiger partial charge in [-0.05, 0) is 59.0 Å². The second-order valence-electron chi connectivity index (χ2n) is 11.3. The summed E-state index contributed by atoms with van der Waals surface area (Å²) < 4.78 is 11.4. The Morgan fingerprint density at radius 2 is 1.16 bits per heavy atom. The predicted octanol–water partition coefficient (Wildman–Crippen LogP) is 11.9. The van der Waals surface area contributed by atoms with Crippen LogP contribution in [0.3, 0.4) is 0 Å². The van der Waals surface area contributed by atoms with Crippen LogP contribution in [0.15, 0.2) is 144 Å². The lowest BCUT2D eigenvalue weighted by Crippen LogP contribution is -1.94. The fourth-order valence-electron chi connectivity index (χ4n) is 7.12. The van der Waals surface area contributed by atoms with Gasteiger partial charge in [0.15, 0.2) is 0 Å². The first-order valence-electron chi connectivity index (χ1n) is 14.6. The standard InChI is InChI=1S/C40H23NOS/c1-4-13-34-27(8-1)30-21-20-29-31(22-23-36-38(29)33-10-2-5-14-35(33)42-36)39(30)41(34)25-18-16-24(17-19-25)26-11-7-12-32-28-9-3-6-15-37(28)43-40(26)32/h1-23H. The van der Waals surface area contributed by atoms with Gasteiger partial charge in [0.25, 0.3) is 0 Å². The summed E-state index contributed by atoms with van der Waals surface area (Å²) in [5.41, 5.74) is 7.96. The molecule has 0 bridgehead atoms. The van der Waals surface area contributed by atoms with E-state index >= 15 is 0 Å². The average Bonchev–Trinajstić information content (AvgIpc) is 3.74. The molecule has 43 heavy (non-hydrogen) atoms. The molecule has 0 N–H and O–H groups in total. The topological polar surface area (TPSA) is 18.1 Å². The maximum absolute atomic E-state index is 6.25. The van der Waals surface area contributed by atoms with Gasteiger partial charge in [0.2, 0.25) is 0 Å². The molecule has 0 atom stereocenters. The first kappa shape index (κ1) is 23.2. The molecule has 10 rings (SSSR count). The summed E-state index contributed by atoms with van der Waals surface area (Å²) >= 11 is 1.88. The fraction of sp³-hybridized carbons (Fsp3) is 0. The van der Waals surface area contributed by atoms with Gasteiger partial charge in [-0.15, -0.1) is 11.3 Å². The second kappa shape index (κ2) is 8.57. The molecular formula is C40H23NOS.